The first kappa shape index (κ1) is 16.9. The molecule has 0 radical (unpaired) electrons. The summed E-state index contributed by atoms with van der Waals surface area (Å²) in [5, 5.41) is 10.3. The summed E-state index contributed by atoms with van der Waals surface area (Å²) in [4.78, 5) is 12.0. The van der Waals surface area contributed by atoms with Gasteiger partial charge in [-0.15, -0.1) is 0 Å². The van der Waals surface area contributed by atoms with Gasteiger partial charge < -0.3 is 14.6 Å². The summed E-state index contributed by atoms with van der Waals surface area (Å²) in [6.07, 6.45) is 4.04. The number of carboxylic acid groups (broad SMARTS) is 1. The Bertz CT molecular complexity index is 548. The number of aliphatic carboxylic acids is 1. The average Bonchev–Trinajstić information content (AvgIpc) is 2.48. The number of carbonyl (C=O) groups is 1. The van der Waals surface area contributed by atoms with Crippen LogP contribution in [0.3, 0.4) is 0 Å². The SMILES string of the molecule is COc1cc(Cl)c(C2(C(=O)O)CCCCC2)cc1OC(C)C. The third kappa shape index (κ3) is 3.17. The van der Waals surface area contributed by atoms with Crippen LogP contribution in [0.2, 0.25) is 5.02 Å². The minimum Gasteiger partial charge on any atom is -0.493 e. The summed E-state index contributed by atoms with van der Waals surface area (Å²) in [5.41, 5.74) is -0.283. The van der Waals surface area contributed by atoms with Crippen molar-refractivity contribution in [2.75, 3.05) is 7.11 Å². The van der Waals surface area contributed by atoms with Crippen molar-refractivity contribution in [2.24, 2.45) is 0 Å². The maximum Gasteiger partial charge on any atom is 0.314 e. The summed E-state index contributed by atoms with van der Waals surface area (Å²) in [6.45, 7) is 3.84. The molecule has 0 aromatic heterocycles. The highest BCUT2D eigenvalue weighted by Crippen LogP contribution is 2.46. The van der Waals surface area contributed by atoms with Gasteiger partial charge in [0.1, 0.15) is 0 Å². The highest BCUT2D eigenvalue weighted by atomic mass is 35.5. The second kappa shape index (κ2) is 6.78. The Balaban J connectivity index is 2.54. The molecule has 1 saturated carbocycles. The van der Waals surface area contributed by atoms with E-state index in [1.807, 2.05) is 13.8 Å². The van der Waals surface area contributed by atoms with Gasteiger partial charge in [0.05, 0.1) is 18.6 Å². The van der Waals surface area contributed by atoms with Gasteiger partial charge in [-0.1, -0.05) is 30.9 Å². The van der Waals surface area contributed by atoms with Gasteiger partial charge in [0.25, 0.3) is 0 Å². The van der Waals surface area contributed by atoms with Gasteiger partial charge >= 0.3 is 5.97 Å². The topological polar surface area (TPSA) is 55.8 Å². The first-order chi connectivity index (χ1) is 10.4. The van der Waals surface area contributed by atoms with E-state index in [9.17, 15) is 9.90 Å². The minimum atomic E-state index is -0.920. The molecule has 0 bridgehead atoms. The summed E-state index contributed by atoms with van der Waals surface area (Å²) in [6, 6.07) is 3.41. The first-order valence-electron chi connectivity index (χ1n) is 7.69. The number of carboxylic acids is 1. The molecule has 5 heteroatoms. The van der Waals surface area contributed by atoms with E-state index in [0.29, 0.717) is 34.9 Å². The molecule has 1 aliphatic rings. The monoisotopic (exact) mass is 326 g/mol. The zero-order valence-corrected chi connectivity index (χ0v) is 14.1. The van der Waals surface area contributed by atoms with Crippen molar-refractivity contribution in [3.05, 3.63) is 22.7 Å². The number of hydrogen-bond acceptors (Lipinski definition) is 3. The molecule has 0 heterocycles. The highest BCUT2D eigenvalue weighted by molar-refractivity contribution is 6.32. The average molecular weight is 327 g/mol. The molecule has 0 atom stereocenters. The number of halogens is 1. The van der Waals surface area contributed by atoms with Crippen molar-refractivity contribution in [2.45, 2.75) is 57.5 Å². The van der Waals surface area contributed by atoms with Crippen LogP contribution in [-0.4, -0.2) is 24.3 Å². The molecule has 0 amide bonds. The van der Waals surface area contributed by atoms with Crippen LogP contribution >= 0.6 is 11.6 Å². The molecule has 1 aromatic rings. The third-order valence-corrected chi connectivity index (χ3v) is 4.56. The Labute approximate surface area is 136 Å². The number of rotatable bonds is 5. The van der Waals surface area contributed by atoms with Crippen molar-refractivity contribution < 1.29 is 19.4 Å². The van der Waals surface area contributed by atoms with Crippen LogP contribution in [0.25, 0.3) is 0 Å². The molecule has 0 aliphatic heterocycles. The van der Waals surface area contributed by atoms with Crippen LogP contribution in [0.15, 0.2) is 12.1 Å². The highest BCUT2D eigenvalue weighted by Gasteiger charge is 2.43. The standard InChI is InChI=1S/C17H23ClO4/c1-11(2)22-15-9-12(13(18)10-14(15)21-3)17(16(19)20)7-5-4-6-8-17/h9-11H,4-8H2,1-3H3,(H,19,20). The molecule has 122 valence electrons. The van der Waals surface area contributed by atoms with E-state index in [-0.39, 0.29) is 6.10 Å². The molecular formula is C17H23ClO4. The summed E-state index contributed by atoms with van der Waals surface area (Å²) < 4.78 is 11.1. The number of ether oxygens (including phenoxy) is 2. The van der Waals surface area contributed by atoms with Gasteiger partial charge in [0.15, 0.2) is 11.5 Å². The van der Waals surface area contributed by atoms with E-state index in [2.05, 4.69) is 0 Å². The lowest BCUT2D eigenvalue weighted by atomic mass is 9.69. The molecule has 0 saturated heterocycles. The molecular weight excluding hydrogens is 304 g/mol. The van der Waals surface area contributed by atoms with Crippen LogP contribution in [0.5, 0.6) is 11.5 Å². The summed E-state index contributed by atoms with van der Waals surface area (Å²) in [5.74, 6) is 0.261. The summed E-state index contributed by atoms with van der Waals surface area (Å²) >= 11 is 6.38. The largest absolute Gasteiger partial charge is 0.493 e. The van der Waals surface area contributed by atoms with E-state index in [1.54, 1.807) is 19.2 Å². The molecule has 0 spiro atoms. The van der Waals surface area contributed by atoms with E-state index < -0.39 is 11.4 Å². The predicted octanol–water partition coefficient (Wildman–Crippen LogP) is 4.42. The lowest BCUT2D eigenvalue weighted by molar-refractivity contribution is -0.145. The van der Waals surface area contributed by atoms with Crippen molar-refractivity contribution in [1.29, 1.82) is 0 Å². The van der Waals surface area contributed by atoms with E-state index in [0.717, 1.165) is 19.3 Å². The zero-order chi connectivity index (χ0) is 16.3. The maximum atomic E-state index is 12.0. The van der Waals surface area contributed by atoms with Gasteiger partial charge in [0.2, 0.25) is 0 Å². The van der Waals surface area contributed by atoms with Crippen LogP contribution in [-0.2, 0) is 10.2 Å². The second-order valence-corrected chi connectivity index (χ2v) is 6.50. The molecule has 22 heavy (non-hydrogen) atoms. The van der Waals surface area contributed by atoms with Crippen molar-refractivity contribution in [1.82, 2.24) is 0 Å². The molecule has 1 N–H and O–H groups in total. The first-order valence-corrected chi connectivity index (χ1v) is 8.06. The van der Waals surface area contributed by atoms with Crippen molar-refractivity contribution in [3.8, 4) is 11.5 Å². The third-order valence-electron chi connectivity index (χ3n) is 4.25. The normalized spacial score (nSPS) is 17.3. The van der Waals surface area contributed by atoms with E-state index >= 15 is 0 Å². The Kier molecular flexibility index (Phi) is 5.22. The fourth-order valence-corrected chi connectivity index (χ4v) is 3.50. The van der Waals surface area contributed by atoms with Crippen LogP contribution < -0.4 is 9.47 Å². The quantitative estimate of drug-likeness (QED) is 0.870. The second-order valence-electron chi connectivity index (χ2n) is 6.10. The van der Waals surface area contributed by atoms with Crippen molar-refractivity contribution >= 4 is 17.6 Å². The van der Waals surface area contributed by atoms with E-state index in [4.69, 9.17) is 21.1 Å². The minimum absolute atomic E-state index is 0.0324. The Morgan fingerprint density at radius 2 is 1.86 bits per heavy atom. The zero-order valence-electron chi connectivity index (χ0n) is 13.3. The Hall–Kier alpha value is -1.42. The van der Waals surface area contributed by atoms with Crippen LogP contribution in [0, 0.1) is 0 Å². The van der Waals surface area contributed by atoms with E-state index in [1.165, 1.54) is 0 Å². The maximum absolute atomic E-state index is 12.0. The molecule has 1 fully saturated rings. The van der Waals surface area contributed by atoms with Crippen LogP contribution in [0.4, 0.5) is 0 Å². The van der Waals surface area contributed by atoms with Gasteiger partial charge in [-0.2, -0.15) is 0 Å². The predicted molar refractivity (Wildman–Crippen MR) is 86.2 cm³/mol. The van der Waals surface area contributed by atoms with Gasteiger partial charge in [-0.05, 0) is 38.3 Å². The fraction of sp³-hybridized carbons (Fsp3) is 0.588. The fourth-order valence-electron chi connectivity index (χ4n) is 3.16. The molecule has 1 aromatic carbocycles. The van der Waals surface area contributed by atoms with Crippen LogP contribution in [0.1, 0.15) is 51.5 Å². The Morgan fingerprint density at radius 1 is 1.23 bits per heavy atom. The number of benzene rings is 1. The number of hydrogen-bond donors (Lipinski definition) is 1. The smallest absolute Gasteiger partial charge is 0.314 e. The summed E-state index contributed by atoms with van der Waals surface area (Å²) in [7, 11) is 1.55. The van der Waals surface area contributed by atoms with Gasteiger partial charge in [0, 0.05) is 11.1 Å². The molecule has 4 nitrogen and oxygen atoms in total. The molecule has 1 aliphatic carbocycles. The lowest BCUT2D eigenvalue weighted by Crippen LogP contribution is -2.38. The number of methoxy groups -OCH3 is 1. The molecule has 2 rings (SSSR count). The molecule has 0 unspecified atom stereocenters. The van der Waals surface area contributed by atoms with Gasteiger partial charge in [-0.25, -0.2) is 0 Å². The van der Waals surface area contributed by atoms with Gasteiger partial charge in [-0.3, -0.25) is 4.79 Å². The van der Waals surface area contributed by atoms with Crippen molar-refractivity contribution in [3.63, 3.8) is 0 Å². The lowest BCUT2D eigenvalue weighted by Gasteiger charge is -2.34. The Morgan fingerprint density at radius 3 is 2.36 bits per heavy atom.